The summed E-state index contributed by atoms with van der Waals surface area (Å²) >= 11 is 5.87. The summed E-state index contributed by atoms with van der Waals surface area (Å²) in [6, 6.07) is 7.65. The van der Waals surface area contributed by atoms with Crippen LogP contribution >= 0.6 is 11.6 Å². The van der Waals surface area contributed by atoms with Crippen LogP contribution in [-0.2, 0) is 4.79 Å². The van der Waals surface area contributed by atoms with E-state index < -0.39 is 0 Å². The second kappa shape index (κ2) is 5.93. The van der Waals surface area contributed by atoms with Crippen molar-refractivity contribution < 1.29 is 4.79 Å². The van der Waals surface area contributed by atoms with Crippen molar-refractivity contribution in [1.82, 2.24) is 5.32 Å². The first-order chi connectivity index (χ1) is 9.02. The fourth-order valence-electron chi connectivity index (χ4n) is 2.49. The number of nitrogens with one attached hydrogen (secondary N) is 1. The van der Waals surface area contributed by atoms with Gasteiger partial charge in [-0.1, -0.05) is 30.7 Å². The highest BCUT2D eigenvalue weighted by atomic mass is 35.5. The van der Waals surface area contributed by atoms with Crippen molar-refractivity contribution >= 4 is 17.5 Å². The highest BCUT2D eigenvalue weighted by molar-refractivity contribution is 6.30. The molecule has 0 saturated heterocycles. The quantitative estimate of drug-likeness (QED) is 0.870. The van der Waals surface area contributed by atoms with Crippen LogP contribution in [0.5, 0.6) is 0 Å². The summed E-state index contributed by atoms with van der Waals surface area (Å²) in [5, 5.41) is 3.77. The summed E-state index contributed by atoms with van der Waals surface area (Å²) in [5.74, 6) is 0.0454. The second-order valence-electron chi connectivity index (χ2n) is 5.47. The van der Waals surface area contributed by atoms with Gasteiger partial charge in [-0.3, -0.25) is 4.79 Å². The van der Waals surface area contributed by atoms with E-state index in [2.05, 4.69) is 12.2 Å². The minimum atomic E-state index is -0.262. The van der Waals surface area contributed by atoms with Crippen molar-refractivity contribution in [3.05, 3.63) is 34.9 Å². The lowest BCUT2D eigenvalue weighted by Crippen LogP contribution is -2.50. The Morgan fingerprint density at radius 1 is 1.42 bits per heavy atom. The Morgan fingerprint density at radius 3 is 2.53 bits per heavy atom. The molecular formula is C15H21ClN2O. The first kappa shape index (κ1) is 14.4. The third-order valence-electron chi connectivity index (χ3n) is 3.88. The molecule has 1 saturated carbocycles. The smallest absolute Gasteiger partial charge is 0.222 e. The number of amides is 1. The van der Waals surface area contributed by atoms with Crippen molar-refractivity contribution in [2.24, 2.45) is 5.73 Å². The van der Waals surface area contributed by atoms with E-state index in [0.29, 0.717) is 11.4 Å². The zero-order valence-electron chi connectivity index (χ0n) is 11.3. The van der Waals surface area contributed by atoms with Crippen molar-refractivity contribution in [3.8, 4) is 0 Å². The van der Waals surface area contributed by atoms with Gasteiger partial charge in [0, 0.05) is 17.0 Å². The summed E-state index contributed by atoms with van der Waals surface area (Å²) in [5.41, 5.74) is 6.92. The van der Waals surface area contributed by atoms with Gasteiger partial charge in [0.15, 0.2) is 0 Å². The lowest BCUT2D eigenvalue weighted by Gasteiger charge is -2.37. The first-order valence-corrected chi connectivity index (χ1v) is 7.24. The van der Waals surface area contributed by atoms with Gasteiger partial charge in [-0.2, -0.15) is 0 Å². The number of rotatable bonds is 5. The van der Waals surface area contributed by atoms with E-state index in [-0.39, 0.29) is 17.5 Å². The van der Waals surface area contributed by atoms with E-state index in [4.69, 9.17) is 17.3 Å². The molecule has 0 radical (unpaired) electrons. The van der Waals surface area contributed by atoms with E-state index in [1.165, 1.54) is 0 Å². The molecule has 1 aliphatic carbocycles. The van der Waals surface area contributed by atoms with E-state index >= 15 is 0 Å². The summed E-state index contributed by atoms with van der Waals surface area (Å²) in [4.78, 5) is 12.0. The molecule has 0 spiro atoms. The van der Waals surface area contributed by atoms with E-state index in [1.54, 1.807) is 0 Å². The molecule has 0 bridgehead atoms. The Balaban J connectivity index is 1.94. The fraction of sp³-hybridized carbons (Fsp3) is 0.533. The molecule has 1 aromatic carbocycles. The maximum Gasteiger partial charge on any atom is 0.222 e. The second-order valence-corrected chi connectivity index (χ2v) is 5.91. The molecule has 1 unspecified atom stereocenters. The van der Waals surface area contributed by atoms with Crippen molar-refractivity contribution in [3.63, 3.8) is 0 Å². The Bertz CT molecular complexity index is 440. The molecule has 1 atom stereocenters. The van der Waals surface area contributed by atoms with Gasteiger partial charge in [0.2, 0.25) is 5.91 Å². The van der Waals surface area contributed by atoms with Gasteiger partial charge in [-0.05, 0) is 43.4 Å². The Labute approximate surface area is 119 Å². The highest BCUT2D eigenvalue weighted by Gasteiger charge is 2.34. The summed E-state index contributed by atoms with van der Waals surface area (Å²) in [6.07, 6.45) is 4.33. The van der Waals surface area contributed by atoms with Gasteiger partial charge in [0.1, 0.15) is 0 Å². The standard InChI is InChI=1S/C15H21ClN2O/c1-2-13(11-4-6-12(16)7-5-11)18-14(19)10-15(17)8-3-9-15/h4-7,13H,2-3,8-10,17H2,1H3,(H,18,19). The summed E-state index contributed by atoms with van der Waals surface area (Å²) < 4.78 is 0. The van der Waals surface area contributed by atoms with E-state index in [9.17, 15) is 4.79 Å². The van der Waals surface area contributed by atoms with Crippen LogP contribution in [0, 0.1) is 0 Å². The molecule has 19 heavy (non-hydrogen) atoms. The number of hydrogen-bond acceptors (Lipinski definition) is 2. The molecule has 3 nitrogen and oxygen atoms in total. The van der Waals surface area contributed by atoms with Crippen LogP contribution in [0.3, 0.4) is 0 Å². The van der Waals surface area contributed by atoms with Gasteiger partial charge in [0.25, 0.3) is 0 Å². The molecule has 1 aromatic rings. The highest BCUT2D eigenvalue weighted by Crippen LogP contribution is 2.32. The Kier molecular flexibility index (Phi) is 4.48. The SMILES string of the molecule is CCC(NC(=O)CC1(N)CCC1)c1ccc(Cl)cc1. The average Bonchev–Trinajstić information content (AvgIpc) is 2.35. The van der Waals surface area contributed by atoms with Crippen LogP contribution in [-0.4, -0.2) is 11.4 Å². The lowest BCUT2D eigenvalue weighted by atomic mass is 9.75. The molecular weight excluding hydrogens is 260 g/mol. The minimum Gasteiger partial charge on any atom is -0.349 e. The fourth-order valence-corrected chi connectivity index (χ4v) is 2.61. The first-order valence-electron chi connectivity index (χ1n) is 6.86. The van der Waals surface area contributed by atoms with Gasteiger partial charge >= 0.3 is 0 Å². The molecule has 1 fully saturated rings. The van der Waals surface area contributed by atoms with Gasteiger partial charge < -0.3 is 11.1 Å². The predicted molar refractivity (Wildman–Crippen MR) is 78.0 cm³/mol. The molecule has 3 N–H and O–H groups in total. The van der Waals surface area contributed by atoms with Crippen LogP contribution in [0.4, 0.5) is 0 Å². The zero-order chi connectivity index (χ0) is 13.9. The molecule has 1 aliphatic rings. The largest absolute Gasteiger partial charge is 0.349 e. The molecule has 4 heteroatoms. The van der Waals surface area contributed by atoms with Crippen molar-refractivity contribution in [2.45, 2.75) is 50.6 Å². The number of carbonyl (C=O) groups is 1. The third-order valence-corrected chi connectivity index (χ3v) is 4.13. The van der Waals surface area contributed by atoms with Crippen molar-refractivity contribution in [1.29, 1.82) is 0 Å². The van der Waals surface area contributed by atoms with Gasteiger partial charge in [-0.25, -0.2) is 0 Å². The maximum atomic E-state index is 12.0. The zero-order valence-corrected chi connectivity index (χ0v) is 12.0. The monoisotopic (exact) mass is 280 g/mol. The predicted octanol–water partition coefficient (Wildman–Crippen LogP) is 3.18. The number of halogens is 1. The number of nitrogens with two attached hydrogens (primary N) is 1. The normalized spacial score (nSPS) is 18.5. The van der Waals surface area contributed by atoms with E-state index in [1.807, 2.05) is 24.3 Å². The van der Waals surface area contributed by atoms with Crippen LogP contribution in [0.25, 0.3) is 0 Å². The van der Waals surface area contributed by atoms with Gasteiger partial charge in [0.05, 0.1) is 6.04 Å². The maximum absolute atomic E-state index is 12.0. The molecule has 1 amide bonds. The topological polar surface area (TPSA) is 55.1 Å². The number of hydrogen-bond donors (Lipinski definition) is 2. The van der Waals surface area contributed by atoms with Crippen molar-refractivity contribution in [2.75, 3.05) is 0 Å². The van der Waals surface area contributed by atoms with Crippen LogP contribution in [0.15, 0.2) is 24.3 Å². The number of carbonyl (C=O) groups excluding carboxylic acids is 1. The number of benzene rings is 1. The van der Waals surface area contributed by atoms with Crippen LogP contribution < -0.4 is 11.1 Å². The lowest BCUT2D eigenvalue weighted by molar-refractivity contribution is -0.123. The van der Waals surface area contributed by atoms with Gasteiger partial charge in [-0.15, -0.1) is 0 Å². The van der Waals surface area contributed by atoms with Crippen LogP contribution in [0.2, 0.25) is 5.02 Å². The molecule has 0 heterocycles. The molecule has 2 rings (SSSR count). The minimum absolute atomic E-state index is 0.0356. The average molecular weight is 281 g/mol. The third kappa shape index (κ3) is 3.71. The Morgan fingerprint density at radius 2 is 2.05 bits per heavy atom. The molecule has 0 aromatic heterocycles. The summed E-state index contributed by atoms with van der Waals surface area (Å²) in [7, 11) is 0. The molecule has 104 valence electrons. The Hall–Kier alpha value is -1.06. The summed E-state index contributed by atoms with van der Waals surface area (Å²) in [6.45, 7) is 2.06. The van der Waals surface area contributed by atoms with E-state index in [0.717, 1.165) is 31.2 Å². The van der Waals surface area contributed by atoms with Crippen LogP contribution in [0.1, 0.15) is 50.6 Å². The molecule has 0 aliphatic heterocycles.